The van der Waals surface area contributed by atoms with E-state index in [4.69, 9.17) is 4.74 Å². The van der Waals surface area contributed by atoms with Crippen molar-refractivity contribution in [2.75, 3.05) is 7.11 Å². The SMILES string of the molecule is CC[C@@](C)(C(=O)OC)[C@H](c1ccccc1)[Si](C)(C)c1ccccc1. The van der Waals surface area contributed by atoms with Crippen molar-refractivity contribution >= 4 is 19.2 Å². The van der Waals surface area contributed by atoms with E-state index in [1.807, 2.05) is 12.1 Å². The van der Waals surface area contributed by atoms with Crippen molar-refractivity contribution in [3.8, 4) is 0 Å². The fourth-order valence-electron chi connectivity index (χ4n) is 3.96. The van der Waals surface area contributed by atoms with Gasteiger partial charge in [0.15, 0.2) is 0 Å². The van der Waals surface area contributed by atoms with Crippen LogP contribution < -0.4 is 5.19 Å². The number of carbonyl (C=O) groups excluding carboxylic acids is 1. The Balaban J connectivity index is 2.66. The van der Waals surface area contributed by atoms with Crippen LogP contribution in [0.4, 0.5) is 0 Å². The third kappa shape index (κ3) is 3.32. The molecule has 2 nitrogen and oxygen atoms in total. The highest BCUT2D eigenvalue weighted by atomic mass is 28.3. The number of esters is 1. The molecule has 2 aromatic carbocycles. The number of benzene rings is 2. The lowest BCUT2D eigenvalue weighted by Crippen LogP contribution is -2.55. The molecule has 3 heteroatoms. The molecule has 2 rings (SSSR count). The lowest BCUT2D eigenvalue weighted by Gasteiger charge is -2.44. The van der Waals surface area contributed by atoms with Gasteiger partial charge in [0.05, 0.1) is 20.6 Å². The first-order valence-corrected chi connectivity index (χ1v) is 11.6. The molecule has 0 aliphatic carbocycles. The van der Waals surface area contributed by atoms with Crippen molar-refractivity contribution in [2.45, 2.75) is 38.9 Å². The van der Waals surface area contributed by atoms with E-state index in [0.717, 1.165) is 6.42 Å². The molecule has 128 valence electrons. The van der Waals surface area contributed by atoms with Gasteiger partial charge >= 0.3 is 5.97 Å². The molecule has 0 heterocycles. The van der Waals surface area contributed by atoms with Crippen LogP contribution in [0.2, 0.25) is 13.1 Å². The number of rotatable bonds is 6. The summed E-state index contributed by atoms with van der Waals surface area (Å²) in [5, 5.41) is 1.36. The molecule has 0 saturated heterocycles. The molecule has 24 heavy (non-hydrogen) atoms. The van der Waals surface area contributed by atoms with Gasteiger partial charge in [-0.1, -0.05) is 85.9 Å². The Hall–Kier alpha value is -1.87. The first-order valence-electron chi connectivity index (χ1n) is 8.56. The summed E-state index contributed by atoms with van der Waals surface area (Å²) in [6.45, 7) is 8.87. The standard InChI is InChI=1S/C21H28O2Si/c1-6-21(2,20(22)23-3)19(17-13-9-7-10-14-17)24(4,5)18-15-11-8-12-16-18/h7-16,19H,6H2,1-5H3/t19-,21+/m0/s1. The highest BCUT2D eigenvalue weighted by Gasteiger charge is 2.50. The van der Waals surface area contributed by atoms with E-state index in [0.29, 0.717) is 0 Å². The first-order chi connectivity index (χ1) is 11.4. The van der Waals surface area contributed by atoms with Gasteiger partial charge in [0, 0.05) is 0 Å². The lowest BCUT2D eigenvalue weighted by atomic mass is 9.80. The second-order valence-corrected chi connectivity index (χ2v) is 11.8. The lowest BCUT2D eigenvalue weighted by molar-refractivity contribution is -0.152. The van der Waals surface area contributed by atoms with Crippen molar-refractivity contribution < 1.29 is 9.53 Å². The number of ether oxygens (including phenoxy) is 1. The third-order valence-corrected chi connectivity index (χ3v) is 9.63. The Morgan fingerprint density at radius 2 is 1.54 bits per heavy atom. The Morgan fingerprint density at radius 3 is 2.00 bits per heavy atom. The van der Waals surface area contributed by atoms with Crippen LogP contribution in [0.3, 0.4) is 0 Å². The summed E-state index contributed by atoms with van der Waals surface area (Å²) >= 11 is 0. The van der Waals surface area contributed by atoms with E-state index in [1.165, 1.54) is 17.9 Å². The van der Waals surface area contributed by atoms with Gasteiger partial charge in [0.25, 0.3) is 0 Å². The molecule has 0 aliphatic heterocycles. The van der Waals surface area contributed by atoms with E-state index < -0.39 is 13.5 Å². The van der Waals surface area contributed by atoms with Crippen molar-refractivity contribution in [1.29, 1.82) is 0 Å². The first kappa shape index (κ1) is 18.5. The fraction of sp³-hybridized carbons (Fsp3) is 0.381. The molecule has 0 aromatic heterocycles. The van der Waals surface area contributed by atoms with Gasteiger partial charge in [0.2, 0.25) is 0 Å². The predicted octanol–water partition coefficient (Wildman–Crippen LogP) is 4.51. The second kappa shape index (κ2) is 7.35. The molecule has 0 saturated carbocycles. The predicted molar refractivity (Wildman–Crippen MR) is 103 cm³/mol. The van der Waals surface area contributed by atoms with Crippen molar-refractivity contribution in [3.05, 3.63) is 66.2 Å². The topological polar surface area (TPSA) is 26.3 Å². The highest BCUT2D eigenvalue weighted by Crippen LogP contribution is 2.45. The smallest absolute Gasteiger partial charge is 0.311 e. The van der Waals surface area contributed by atoms with Crippen molar-refractivity contribution in [1.82, 2.24) is 0 Å². The average Bonchev–Trinajstić information content (AvgIpc) is 2.62. The van der Waals surface area contributed by atoms with Crippen LogP contribution in [0.5, 0.6) is 0 Å². The molecular weight excluding hydrogens is 312 g/mol. The van der Waals surface area contributed by atoms with Gasteiger partial charge in [-0.2, -0.15) is 0 Å². The molecule has 0 radical (unpaired) electrons. The van der Waals surface area contributed by atoms with Gasteiger partial charge in [0.1, 0.15) is 0 Å². The van der Waals surface area contributed by atoms with Crippen LogP contribution in [0.15, 0.2) is 60.7 Å². The van der Waals surface area contributed by atoms with Crippen molar-refractivity contribution in [3.63, 3.8) is 0 Å². The molecule has 0 spiro atoms. The summed E-state index contributed by atoms with van der Waals surface area (Å²) in [5.41, 5.74) is 0.834. The van der Waals surface area contributed by atoms with E-state index in [-0.39, 0.29) is 11.5 Å². The third-order valence-electron chi connectivity index (χ3n) is 5.40. The molecule has 0 N–H and O–H groups in total. The minimum atomic E-state index is -1.99. The van der Waals surface area contributed by atoms with Gasteiger partial charge in [-0.15, -0.1) is 0 Å². The minimum Gasteiger partial charge on any atom is -0.469 e. The minimum absolute atomic E-state index is 0.115. The summed E-state index contributed by atoms with van der Waals surface area (Å²) < 4.78 is 5.22. The summed E-state index contributed by atoms with van der Waals surface area (Å²) in [4.78, 5) is 12.8. The van der Waals surface area contributed by atoms with E-state index in [9.17, 15) is 4.79 Å². The molecule has 2 aromatic rings. The molecule has 2 atom stereocenters. The molecular formula is C21H28O2Si. The zero-order valence-corrected chi connectivity index (χ0v) is 16.4. The largest absolute Gasteiger partial charge is 0.469 e. The van der Waals surface area contributed by atoms with Crippen LogP contribution in [-0.2, 0) is 9.53 Å². The normalized spacial score (nSPS) is 15.4. The van der Waals surface area contributed by atoms with E-state index in [1.54, 1.807) is 0 Å². The van der Waals surface area contributed by atoms with Gasteiger partial charge < -0.3 is 4.74 Å². The van der Waals surface area contributed by atoms with Gasteiger partial charge in [-0.05, 0) is 24.4 Å². The van der Waals surface area contributed by atoms with Crippen molar-refractivity contribution in [2.24, 2.45) is 5.41 Å². The number of methoxy groups -OCH3 is 1. The van der Waals surface area contributed by atoms with E-state index >= 15 is 0 Å². The maximum atomic E-state index is 12.8. The second-order valence-electron chi connectivity index (χ2n) is 7.19. The Bertz CT molecular complexity index is 667. The molecule has 0 aliphatic rings. The maximum absolute atomic E-state index is 12.8. The number of hydrogen-bond acceptors (Lipinski definition) is 2. The molecule has 0 unspecified atom stereocenters. The van der Waals surface area contributed by atoms with Crippen LogP contribution in [0.25, 0.3) is 0 Å². The summed E-state index contributed by atoms with van der Waals surface area (Å²) in [5.74, 6) is -0.115. The molecule has 0 amide bonds. The summed E-state index contributed by atoms with van der Waals surface area (Å²) in [6.07, 6.45) is 0.752. The fourth-order valence-corrected chi connectivity index (χ4v) is 8.29. The summed E-state index contributed by atoms with van der Waals surface area (Å²) in [7, 11) is -0.491. The monoisotopic (exact) mass is 340 g/mol. The van der Waals surface area contributed by atoms with Gasteiger partial charge in [-0.25, -0.2) is 0 Å². The Kier molecular flexibility index (Phi) is 5.65. The Morgan fingerprint density at radius 1 is 1.04 bits per heavy atom. The molecule has 0 bridgehead atoms. The average molecular weight is 341 g/mol. The zero-order valence-electron chi connectivity index (χ0n) is 15.4. The number of carbonyl (C=O) groups is 1. The van der Waals surface area contributed by atoms with Crippen LogP contribution in [0.1, 0.15) is 31.4 Å². The van der Waals surface area contributed by atoms with E-state index in [2.05, 4.69) is 75.5 Å². The number of hydrogen-bond donors (Lipinski definition) is 0. The van der Waals surface area contributed by atoms with Crippen LogP contribution in [-0.4, -0.2) is 21.2 Å². The summed E-state index contributed by atoms with van der Waals surface area (Å²) in [6, 6.07) is 21.1. The molecule has 0 fully saturated rings. The quantitative estimate of drug-likeness (QED) is 0.571. The van der Waals surface area contributed by atoms with Crippen LogP contribution >= 0.6 is 0 Å². The van der Waals surface area contributed by atoms with Crippen LogP contribution in [0, 0.1) is 5.41 Å². The Labute approximate surface area is 146 Å². The van der Waals surface area contributed by atoms with Gasteiger partial charge in [-0.3, -0.25) is 4.79 Å². The maximum Gasteiger partial charge on any atom is 0.311 e. The highest BCUT2D eigenvalue weighted by molar-refractivity contribution is 6.91. The zero-order chi connectivity index (χ0) is 17.8.